The van der Waals surface area contributed by atoms with E-state index in [-0.39, 0.29) is 0 Å². The highest BCUT2D eigenvalue weighted by Crippen LogP contribution is 2.31. The molecule has 1 heteroatoms. The third kappa shape index (κ3) is 3.26. The van der Waals surface area contributed by atoms with Crippen molar-refractivity contribution in [1.29, 1.82) is 0 Å². The minimum absolute atomic E-state index is 0.564. The van der Waals surface area contributed by atoms with E-state index in [4.69, 9.17) is 4.74 Å². The van der Waals surface area contributed by atoms with Gasteiger partial charge in [-0.2, -0.15) is 0 Å². The van der Waals surface area contributed by atoms with Crippen LogP contribution in [-0.2, 0) is 6.61 Å². The quantitative estimate of drug-likeness (QED) is 0.595. The molecule has 0 N–H and O–H groups in total. The van der Waals surface area contributed by atoms with Crippen molar-refractivity contribution in [3.8, 4) is 16.9 Å². The molecule has 3 aromatic carbocycles. The first-order valence-electron chi connectivity index (χ1n) is 7.35. The van der Waals surface area contributed by atoms with Gasteiger partial charge in [0.05, 0.1) is 0 Å². The van der Waals surface area contributed by atoms with E-state index < -0.39 is 0 Å². The van der Waals surface area contributed by atoms with E-state index in [1.165, 1.54) is 0 Å². The van der Waals surface area contributed by atoms with E-state index >= 15 is 0 Å². The van der Waals surface area contributed by atoms with Gasteiger partial charge < -0.3 is 4.74 Å². The lowest BCUT2D eigenvalue weighted by Crippen LogP contribution is -1.97. The van der Waals surface area contributed by atoms with Crippen LogP contribution in [0, 0.1) is 0 Å². The molecule has 0 fully saturated rings. The molecule has 108 valence electrons. The predicted molar refractivity (Wildman–Crippen MR) is 92.7 cm³/mol. The smallest absolute Gasteiger partial charge is 0.127 e. The Hall–Kier alpha value is -2.80. The van der Waals surface area contributed by atoms with E-state index in [1.807, 2.05) is 54.6 Å². The number of hydrogen-bond donors (Lipinski definition) is 0. The van der Waals surface area contributed by atoms with Crippen LogP contribution in [0.3, 0.4) is 0 Å². The minimum atomic E-state index is 0.564. The minimum Gasteiger partial charge on any atom is -0.488 e. The Kier molecular flexibility index (Phi) is 4.35. The Morgan fingerprint density at radius 1 is 0.818 bits per heavy atom. The van der Waals surface area contributed by atoms with Crippen LogP contribution in [0.4, 0.5) is 0 Å². The molecular weight excluding hydrogens is 268 g/mol. The lowest BCUT2D eigenvalue weighted by atomic mass is 10.0. The molecule has 0 unspecified atom stereocenters. The van der Waals surface area contributed by atoms with Crippen molar-refractivity contribution in [1.82, 2.24) is 0 Å². The van der Waals surface area contributed by atoms with Crippen LogP contribution in [0.5, 0.6) is 5.75 Å². The SMILES string of the molecule is C=Cc1ccc(OCc2ccccc2)c(-c2ccccc2)c1. The Balaban J connectivity index is 1.91. The molecule has 3 rings (SSSR count). The molecule has 0 heterocycles. The van der Waals surface area contributed by atoms with E-state index in [0.29, 0.717) is 6.61 Å². The van der Waals surface area contributed by atoms with Gasteiger partial charge in [-0.25, -0.2) is 0 Å². The summed E-state index contributed by atoms with van der Waals surface area (Å²) in [4.78, 5) is 0. The second kappa shape index (κ2) is 6.77. The van der Waals surface area contributed by atoms with Crippen molar-refractivity contribution in [2.45, 2.75) is 6.61 Å². The van der Waals surface area contributed by atoms with Crippen molar-refractivity contribution in [2.75, 3.05) is 0 Å². The highest BCUT2D eigenvalue weighted by molar-refractivity contribution is 5.73. The highest BCUT2D eigenvalue weighted by atomic mass is 16.5. The Morgan fingerprint density at radius 2 is 1.50 bits per heavy atom. The van der Waals surface area contributed by atoms with Crippen LogP contribution in [0.2, 0.25) is 0 Å². The number of hydrogen-bond acceptors (Lipinski definition) is 1. The summed E-state index contributed by atoms with van der Waals surface area (Å²) in [5, 5.41) is 0. The number of ether oxygens (including phenoxy) is 1. The lowest BCUT2D eigenvalue weighted by Gasteiger charge is -2.13. The van der Waals surface area contributed by atoms with Gasteiger partial charge in [0, 0.05) is 5.56 Å². The fourth-order valence-corrected chi connectivity index (χ4v) is 2.38. The maximum atomic E-state index is 6.04. The zero-order valence-corrected chi connectivity index (χ0v) is 12.4. The van der Waals surface area contributed by atoms with Gasteiger partial charge in [-0.05, 0) is 28.8 Å². The summed E-state index contributed by atoms with van der Waals surface area (Å²) >= 11 is 0. The Labute approximate surface area is 131 Å². The van der Waals surface area contributed by atoms with E-state index in [0.717, 1.165) is 28.0 Å². The molecule has 0 aliphatic heterocycles. The van der Waals surface area contributed by atoms with Crippen LogP contribution >= 0.6 is 0 Å². The van der Waals surface area contributed by atoms with Crippen molar-refractivity contribution >= 4 is 6.08 Å². The lowest BCUT2D eigenvalue weighted by molar-refractivity contribution is 0.307. The second-order valence-corrected chi connectivity index (χ2v) is 5.10. The zero-order chi connectivity index (χ0) is 15.2. The van der Waals surface area contributed by atoms with Crippen LogP contribution in [-0.4, -0.2) is 0 Å². The molecule has 0 aliphatic rings. The van der Waals surface area contributed by atoms with Crippen LogP contribution in [0.15, 0.2) is 85.4 Å². The molecule has 3 aromatic rings. The molecule has 0 saturated carbocycles. The third-order valence-electron chi connectivity index (χ3n) is 3.56. The monoisotopic (exact) mass is 286 g/mol. The van der Waals surface area contributed by atoms with Gasteiger partial charge in [-0.1, -0.05) is 79.4 Å². The normalized spacial score (nSPS) is 10.2. The molecule has 0 bridgehead atoms. The summed E-state index contributed by atoms with van der Waals surface area (Å²) in [7, 11) is 0. The first-order valence-corrected chi connectivity index (χ1v) is 7.35. The average Bonchev–Trinajstić information content (AvgIpc) is 2.61. The number of benzene rings is 3. The Morgan fingerprint density at radius 3 is 2.18 bits per heavy atom. The summed E-state index contributed by atoms with van der Waals surface area (Å²) in [6.45, 7) is 4.41. The molecule has 0 saturated heterocycles. The highest BCUT2D eigenvalue weighted by Gasteiger charge is 2.07. The van der Waals surface area contributed by atoms with Gasteiger partial charge in [-0.15, -0.1) is 0 Å². The maximum absolute atomic E-state index is 6.04. The van der Waals surface area contributed by atoms with Crippen LogP contribution in [0.1, 0.15) is 11.1 Å². The van der Waals surface area contributed by atoms with Crippen molar-refractivity contribution in [3.63, 3.8) is 0 Å². The molecule has 0 aliphatic carbocycles. The van der Waals surface area contributed by atoms with Gasteiger partial charge >= 0.3 is 0 Å². The summed E-state index contributed by atoms with van der Waals surface area (Å²) in [6, 6.07) is 26.6. The topological polar surface area (TPSA) is 9.23 Å². The van der Waals surface area contributed by atoms with Gasteiger partial charge in [0.15, 0.2) is 0 Å². The van der Waals surface area contributed by atoms with Gasteiger partial charge in [-0.3, -0.25) is 0 Å². The molecule has 0 atom stereocenters. The molecule has 0 aromatic heterocycles. The molecule has 0 spiro atoms. The average molecular weight is 286 g/mol. The van der Waals surface area contributed by atoms with Crippen molar-refractivity contribution in [3.05, 3.63) is 96.6 Å². The summed E-state index contributed by atoms with van der Waals surface area (Å²) in [5.74, 6) is 0.889. The van der Waals surface area contributed by atoms with Gasteiger partial charge in [0.2, 0.25) is 0 Å². The predicted octanol–water partition coefficient (Wildman–Crippen LogP) is 5.58. The zero-order valence-electron chi connectivity index (χ0n) is 12.4. The molecular formula is C21H18O. The second-order valence-electron chi connectivity index (χ2n) is 5.10. The Bertz CT molecular complexity index is 745. The fraction of sp³-hybridized carbons (Fsp3) is 0.0476. The number of rotatable bonds is 5. The standard InChI is InChI=1S/C21H18O/c1-2-17-13-14-21(22-16-18-9-5-3-6-10-18)20(15-17)19-11-7-4-8-12-19/h2-15H,1,16H2. The summed E-state index contributed by atoms with van der Waals surface area (Å²) < 4.78 is 6.04. The van der Waals surface area contributed by atoms with Gasteiger partial charge in [0.25, 0.3) is 0 Å². The summed E-state index contributed by atoms with van der Waals surface area (Å²) in [6.07, 6.45) is 1.85. The maximum Gasteiger partial charge on any atom is 0.127 e. The largest absolute Gasteiger partial charge is 0.488 e. The van der Waals surface area contributed by atoms with Crippen molar-refractivity contribution < 1.29 is 4.74 Å². The van der Waals surface area contributed by atoms with E-state index in [9.17, 15) is 0 Å². The van der Waals surface area contributed by atoms with E-state index in [2.05, 4.69) is 36.9 Å². The molecule has 1 nitrogen and oxygen atoms in total. The first-order chi connectivity index (χ1) is 10.9. The van der Waals surface area contributed by atoms with Crippen LogP contribution in [0.25, 0.3) is 17.2 Å². The first kappa shape index (κ1) is 14.2. The summed E-state index contributed by atoms with van der Waals surface area (Å²) in [5.41, 5.74) is 4.49. The van der Waals surface area contributed by atoms with Crippen LogP contribution < -0.4 is 4.74 Å². The molecule has 0 amide bonds. The molecule has 22 heavy (non-hydrogen) atoms. The van der Waals surface area contributed by atoms with E-state index in [1.54, 1.807) is 0 Å². The van der Waals surface area contributed by atoms with Crippen molar-refractivity contribution in [2.24, 2.45) is 0 Å². The fourth-order valence-electron chi connectivity index (χ4n) is 2.38. The third-order valence-corrected chi connectivity index (χ3v) is 3.56. The van der Waals surface area contributed by atoms with Gasteiger partial charge in [0.1, 0.15) is 12.4 Å². The molecule has 0 radical (unpaired) electrons.